The van der Waals surface area contributed by atoms with Gasteiger partial charge in [0.15, 0.2) is 5.25 Å². The molecule has 0 fully saturated rings. The third-order valence-corrected chi connectivity index (χ3v) is 4.26. The molecule has 19 heavy (non-hydrogen) atoms. The Morgan fingerprint density at radius 1 is 1.47 bits per heavy atom. The van der Waals surface area contributed by atoms with Crippen molar-refractivity contribution in [3.63, 3.8) is 0 Å². The quantitative estimate of drug-likeness (QED) is 0.836. The van der Waals surface area contributed by atoms with E-state index in [4.69, 9.17) is 5.26 Å². The minimum absolute atomic E-state index is 0.151. The van der Waals surface area contributed by atoms with Crippen molar-refractivity contribution < 1.29 is 17.9 Å². The number of methoxy groups -OCH3 is 1. The van der Waals surface area contributed by atoms with Crippen LogP contribution in [0.5, 0.6) is 0 Å². The zero-order valence-corrected chi connectivity index (χ0v) is 11.6. The van der Waals surface area contributed by atoms with Gasteiger partial charge in [-0.25, -0.2) is 8.42 Å². The lowest BCUT2D eigenvalue weighted by Crippen LogP contribution is -2.33. The van der Waals surface area contributed by atoms with Gasteiger partial charge in [0, 0.05) is 0 Å². The Labute approximate surface area is 112 Å². The molecule has 1 aromatic rings. The zero-order valence-electron chi connectivity index (χ0n) is 10.8. The number of ether oxygens (including phenoxy) is 1. The summed E-state index contributed by atoms with van der Waals surface area (Å²) < 4.78 is 30.6. The molecule has 0 saturated heterocycles. The number of carbonyl (C=O) groups is 1. The van der Waals surface area contributed by atoms with E-state index in [9.17, 15) is 13.2 Å². The standard InChI is InChI=1S/C12H14N2O4S/c1-8-5-4-6-11(10(8)7-13)14-19(16,17)9(2)12(15)18-3/h4-6,9,14H,1-3H3. The van der Waals surface area contributed by atoms with Crippen LogP contribution in [0.1, 0.15) is 18.1 Å². The first kappa shape index (κ1) is 15.0. The third kappa shape index (κ3) is 3.23. The van der Waals surface area contributed by atoms with Gasteiger partial charge < -0.3 is 4.74 Å². The van der Waals surface area contributed by atoms with Crippen LogP contribution in [0.4, 0.5) is 5.69 Å². The molecule has 0 heterocycles. The van der Waals surface area contributed by atoms with E-state index in [0.29, 0.717) is 5.56 Å². The molecule has 0 radical (unpaired) electrons. The number of anilines is 1. The molecule has 0 saturated carbocycles. The highest BCUT2D eigenvalue weighted by atomic mass is 32.2. The second-order valence-electron chi connectivity index (χ2n) is 3.92. The van der Waals surface area contributed by atoms with Crippen LogP contribution < -0.4 is 4.72 Å². The van der Waals surface area contributed by atoms with Crippen molar-refractivity contribution in [2.24, 2.45) is 0 Å². The molecular weight excluding hydrogens is 268 g/mol. The van der Waals surface area contributed by atoms with E-state index in [0.717, 1.165) is 7.11 Å². The van der Waals surface area contributed by atoms with Gasteiger partial charge in [-0.1, -0.05) is 12.1 Å². The molecule has 1 rings (SSSR count). The Balaban J connectivity index is 3.14. The van der Waals surface area contributed by atoms with Gasteiger partial charge in [0.2, 0.25) is 10.0 Å². The second-order valence-corrected chi connectivity index (χ2v) is 5.92. The number of nitriles is 1. The number of rotatable bonds is 4. The summed E-state index contributed by atoms with van der Waals surface area (Å²) in [5, 5.41) is 7.66. The summed E-state index contributed by atoms with van der Waals surface area (Å²) in [6.45, 7) is 2.91. The molecule has 102 valence electrons. The number of nitrogens with one attached hydrogen (secondary N) is 1. The summed E-state index contributed by atoms with van der Waals surface area (Å²) in [5.74, 6) is -0.862. The molecule has 1 unspecified atom stereocenters. The van der Waals surface area contributed by atoms with Gasteiger partial charge in [0.25, 0.3) is 0 Å². The topological polar surface area (TPSA) is 96.3 Å². The van der Waals surface area contributed by atoms with Crippen molar-refractivity contribution in [1.82, 2.24) is 0 Å². The number of hydrogen-bond acceptors (Lipinski definition) is 5. The molecule has 6 nitrogen and oxygen atoms in total. The maximum absolute atomic E-state index is 12.0. The fourth-order valence-electron chi connectivity index (χ4n) is 1.44. The normalized spacial score (nSPS) is 12.3. The van der Waals surface area contributed by atoms with E-state index >= 15 is 0 Å². The Kier molecular flexibility index (Phi) is 4.51. The Bertz CT molecular complexity index is 632. The summed E-state index contributed by atoms with van der Waals surface area (Å²) in [7, 11) is -2.84. The van der Waals surface area contributed by atoms with Gasteiger partial charge in [-0.05, 0) is 25.5 Å². The average molecular weight is 282 g/mol. The van der Waals surface area contributed by atoms with Crippen LogP contribution in [0.3, 0.4) is 0 Å². The summed E-state index contributed by atoms with van der Waals surface area (Å²) in [5.41, 5.74) is 1.02. The first-order valence-corrected chi connectivity index (χ1v) is 6.97. The monoisotopic (exact) mass is 282 g/mol. The van der Waals surface area contributed by atoms with Crippen LogP contribution >= 0.6 is 0 Å². The van der Waals surface area contributed by atoms with Gasteiger partial charge in [-0.3, -0.25) is 9.52 Å². The summed E-state index contributed by atoms with van der Waals surface area (Å²) >= 11 is 0. The molecule has 0 aromatic heterocycles. The van der Waals surface area contributed by atoms with Gasteiger partial charge in [0.1, 0.15) is 6.07 Å². The molecule has 1 aromatic carbocycles. The predicted molar refractivity (Wildman–Crippen MR) is 69.9 cm³/mol. The Hall–Kier alpha value is -2.07. The van der Waals surface area contributed by atoms with Crippen LogP contribution in [-0.4, -0.2) is 26.7 Å². The molecule has 0 amide bonds. The maximum Gasteiger partial charge on any atom is 0.325 e. The number of esters is 1. The molecule has 1 atom stereocenters. The van der Waals surface area contributed by atoms with Crippen LogP contribution in [-0.2, 0) is 19.6 Å². The minimum atomic E-state index is -3.95. The average Bonchev–Trinajstić information content (AvgIpc) is 2.36. The van der Waals surface area contributed by atoms with E-state index in [1.165, 1.54) is 13.0 Å². The number of sulfonamides is 1. The molecule has 0 aliphatic rings. The van der Waals surface area contributed by atoms with Crippen molar-refractivity contribution in [1.29, 1.82) is 5.26 Å². The third-order valence-electron chi connectivity index (χ3n) is 2.64. The van der Waals surface area contributed by atoms with Crippen molar-refractivity contribution in [3.05, 3.63) is 29.3 Å². The molecule has 0 bridgehead atoms. The Morgan fingerprint density at radius 2 is 2.11 bits per heavy atom. The summed E-state index contributed by atoms with van der Waals surface area (Å²) in [4.78, 5) is 11.3. The van der Waals surface area contributed by atoms with Crippen LogP contribution in [0.2, 0.25) is 0 Å². The van der Waals surface area contributed by atoms with Gasteiger partial charge in [-0.2, -0.15) is 5.26 Å². The highest BCUT2D eigenvalue weighted by Crippen LogP contribution is 2.20. The van der Waals surface area contributed by atoms with Crippen molar-refractivity contribution in [2.45, 2.75) is 19.1 Å². The number of nitrogens with zero attached hydrogens (tertiary/aromatic N) is 1. The maximum atomic E-state index is 12.0. The SMILES string of the molecule is COC(=O)C(C)S(=O)(=O)Nc1cccc(C)c1C#N. The molecule has 0 aliphatic heterocycles. The number of benzene rings is 1. The van der Waals surface area contributed by atoms with E-state index in [-0.39, 0.29) is 11.3 Å². The Morgan fingerprint density at radius 3 is 2.63 bits per heavy atom. The fraction of sp³-hybridized carbons (Fsp3) is 0.333. The van der Waals surface area contributed by atoms with Gasteiger partial charge in [-0.15, -0.1) is 0 Å². The molecule has 0 spiro atoms. The van der Waals surface area contributed by atoms with Crippen molar-refractivity contribution >= 4 is 21.7 Å². The van der Waals surface area contributed by atoms with E-state index < -0.39 is 21.2 Å². The number of hydrogen-bond donors (Lipinski definition) is 1. The second kappa shape index (κ2) is 5.71. The lowest BCUT2D eigenvalue weighted by molar-refractivity contribution is -0.139. The van der Waals surface area contributed by atoms with Crippen LogP contribution in [0.15, 0.2) is 18.2 Å². The summed E-state index contributed by atoms with van der Waals surface area (Å²) in [6.07, 6.45) is 0. The van der Waals surface area contributed by atoms with Crippen LogP contribution in [0.25, 0.3) is 0 Å². The summed E-state index contributed by atoms with van der Waals surface area (Å²) in [6, 6.07) is 6.71. The largest absolute Gasteiger partial charge is 0.468 e. The number of carbonyl (C=O) groups excluding carboxylic acids is 1. The lowest BCUT2D eigenvalue weighted by Gasteiger charge is -2.14. The molecule has 7 heteroatoms. The first-order chi connectivity index (χ1) is 8.83. The highest BCUT2D eigenvalue weighted by Gasteiger charge is 2.29. The highest BCUT2D eigenvalue weighted by molar-refractivity contribution is 7.94. The first-order valence-electron chi connectivity index (χ1n) is 5.42. The van der Waals surface area contributed by atoms with Crippen molar-refractivity contribution in [3.8, 4) is 6.07 Å². The van der Waals surface area contributed by atoms with Crippen LogP contribution in [0, 0.1) is 18.3 Å². The predicted octanol–water partition coefficient (Wildman–Crippen LogP) is 1.17. The van der Waals surface area contributed by atoms with Crippen molar-refractivity contribution in [2.75, 3.05) is 11.8 Å². The molecular formula is C12H14N2O4S. The van der Waals surface area contributed by atoms with E-state index in [1.54, 1.807) is 19.1 Å². The zero-order chi connectivity index (χ0) is 14.6. The fourth-order valence-corrected chi connectivity index (χ4v) is 2.44. The van der Waals surface area contributed by atoms with E-state index in [2.05, 4.69) is 9.46 Å². The minimum Gasteiger partial charge on any atom is -0.468 e. The lowest BCUT2D eigenvalue weighted by atomic mass is 10.1. The van der Waals surface area contributed by atoms with E-state index in [1.807, 2.05) is 6.07 Å². The van der Waals surface area contributed by atoms with Gasteiger partial charge >= 0.3 is 5.97 Å². The number of aryl methyl sites for hydroxylation is 1. The smallest absolute Gasteiger partial charge is 0.325 e. The van der Waals surface area contributed by atoms with Gasteiger partial charge in [0.05, 0.1) is 18.4 Å². The molecule has 1 N–H and O–H groups in total. The molecule has 0 aliphatic carbocycles.